The molecule has 12 nitrogen and oxygen atoms in total. The molecule has 0 unspecified atom stereocenters. The summed E-state index contributed by atoms with van der Waals surface area (Å²) in [6, 6.07) is 11.8. The molecule has 41 heavy (non-hydrogen) atoms. The lowest BCUT2D eigenvalue weighted by Gasteiger charge is -2.16. The predicted octanol–water partition coefficient (Wildman–Crippen LogP) is 4.89. The van der Waals surface area contributed by atoms with Gasteiger partial charge in [0.1, 0.15) is 29.1 Å². The molecule has 4 rings (SSSR count). The Bertz CT molecular complexity index is 1650. The summed E-state index contributed by atoms with van der Waals surface area (Å²) < 4.78 is 46.1. The van der Waals surface area contributed by atoms with E-state index in [1.807, 2.05) is 0 Å². The number of nitrogens with one attached hydrogen (secondary N) is 1. The Morgan fingerprint density at radius 2 is 1.66 bits per heavy atom. The second kappa shape index (κ2) is 12.8. The number of carboxylic acid groups (broad SMARTS) is 1. The van der Waals surface area contributed by atoms with Crippen molar-refractivity contribution in [2.45, 2.75) is 17.9 Å². The molecule has 2 heterocycles. The highest BCUT2D eigenvalue weighted by molar-refractivity contribution is 7.90. The van der Waals surface area contributed by atoms with E-state index in [2.05, 4.69) is 15.3 Å². The summed E-state index contributed by atoms with van der Waals surface area (Å²) in [5, 5.41) is 12.3. The van der Waals surface area contributed by atoms with Crippen molar-refractivity contribution in [3.63, 3.8) is 0 Å². The highest BCUT2D eigenvalue weighted by Crippen LogP contribution is 2.32. The highest BCUT2D eigenvalue weighted by Gasteiger charge is 2.16. The molecule has 0 radical (unpaired) electrons. The molecule has 1 amide bonds. The van der Waals surface area contributed by atoms with E-state index in [1.54, 1.807) is 20.1 Å². The van der Waals surface area contributed by atoms with Crippen LogP contribution in [0.5, 0.6) is 28.1 Å². The third kappa shape index (κ3) is 8.23. The molecule has 1 atom stereocenters. The third-order valence-electron chi connectivity index (χ3n) is 5.25. The number of aromatic nitrogens is 2. The Hall–Kier alpha value is -4.53. The number of benzene rings is 2. The number of nitrogens with zero attached hydrogens (tertiary/aromatic N) is 2. The Balaban J connectivity index is 1.53. The van der Waals surface area contributed by atoms with Gasteiger partial charge in [-0.2, -0.15) is 0 Å². The average Bonchev–Trinajstić information content (AvgIpc) is 3.35. The van der Waals surface area contributed by atoms with Gasteiger partial charge in [0.15, 0.2) is 15.0 Å². The SMILES string of the molecule is COC[C@H](C)Oc1cc(Oc2ccc(S(C)(=O)=O)cc2)cc(C(=O)Nc2ncc(Oc3cncc(C(=O)O)c3)s2)c1. The van der Waals surface area contributed by atoms with Gasteiger partial charge in [0, 0.05) is 31.2 Å². The van der Waals surface area contributed by atoms with Crippen LogP contribution in [-0.2, 0) is 14.6 Å². The number of hydrogen-bond donors (Lipinski definition) is 2. The quantitative estimate of drug-likeness (QED) is 0.228. The molecule has 0 aliphatic heterocycles. The number of ether oxygens (including phenoxy) is 4. The summed E-state index contributed by atoms with van der Waals surface area (Å²) in [5.74, 6) is -0.473. The van der Waals surface area contributed by atoms with E-state index >= 15 is 0 Å². The molecule has 214 valence electrons. The number of methoxy groups -OCH3 is 1. The van der Waals surface area contributed by atoms with Crippen LogP contribution in [0.1, 0.15) is 27.6 Å². The second-order valence-corrected chi connectivity index (χ2v) is 11.7. The van der Waals surface area contributed by atoms with E-state index in [-0.39, 0.29) is 38.8 Å². The molecule has 0 saturated carbocycles. The average molecular weight is 600 g/mol. The van der Waals surface area contributed by atoms with Gasteiger partial charge in [-0.1, -0.05) is 11.3 Å². The second-order valence-electron chi connectivity index (χ2n) is 8.68. The van der Waals surface area contributed by atoms with Crippen molar-refractivity contribution in [1.82, 2.24) is 9.97 Å². The monoisotopic (exact) mass is 599 g/mol. The van der Waals surface area contributed by atoms with Gasteiger partial charge < -0.3 is 24.1 Å². The van der Waals surface area contributed by atoms with Crippen LogP contribution >= 0.6 is 11.3 Å². The zero-order chi connectivity index (χ0) is 29.6. The fraction of sp³-hybridized carbons (Fsp3) is 0.185. The summed E-state index contributed by atoms with van der Waals surface area (Å²) in [4.78, 5) is 32.5. The van der Waals surface area contributed by atoms with E-state index in [9.17, 15) is 18.0 Å². The Kier molecular flexibility index (Phi) is 9.17. The molecule has 4 aromatic rings. The van der Waals surface area contributed by atoms with E-state index in [0.717, 1.165) is 17.6 Å². The summed E-state index contributed by atoms with van der Waals surface area (Å²) in [6.45, 7) is 2.12. The van der Waals surface area contributed by atoms with Gasteiger partial charge >= 0.3 is 5.97 Å². The zero-order valence-corrected chi connectivity index (χ0v) is 23.7. The number of amides is 1. The van der Waals surface area contributed by atoms with Gasteiger partial charge in [-0.25, -0.2) is 18.2 Å². The van der Waals surface area contributed by atoms with Crippen LogP contribution in [0.4, 0.5) is 5.13 Å². The Morgan fingerprint density at radius 3 is 2.34 bits per heavy atom. The largest absolute Gasteiger partial charge is 0.488 e. The number of aromatic carboxylic acids is 1. The molecule has 2 aromatic heterocycles. The van der Waals surface area contributed by atoms with Crippen LogP contribution in [-0.4, -0.2) is 61.4 Å². The van der Waals surface area contributed by atoms with Gasteiger partial charge in [-0.15, -0.1) is 0 Å². The van der Waals surface area contributed by atoms with Crippen molar-refractivity contribution >= 4 is 38.2 Å². The third-order valence-corrected chi connectivity index (χ3v) is 7.17. The first-order chi connectivity index (χ1) is 19.5. The number of anilines is 1. The molecule has 2 N–H and O–H groups in total. The minimum Gasteiger partial charge on any atom is -0.488 e. The standard InChI is InChI=1S/C27H25N3O9S2/c1-16(15-36-2)37-20-8-17(9-21(11-20)38-19-4-6-23(7-5-19)41(3,34)35)25(31)30-27-29-14-24(40-27)39-22-10-18(26(32)33)12-28-13-22/h4-14,16H,15H2,1-3H3,(H,32,33)(H,29,30,31)/t16-/m0/s1. The van der Waals surface area contributed by atoms with Crippen molar-refractivity contribution in [3.05, 3.63) is 78.2 Å². The highest BCUT2D eigenvalue weighted by atomic mass is 32.2. The van der Waals surface area contributed by atoms with Crippen molar-refractivity contribution in [2.24, 2.45) is 0 Å². The summed E-state index contributed by atoms with van der Waals surface area (Å²) in [6.07, 6.45) is 4.73. The molecule has 0 bridgehead atoms. The van der Waals surface area contributed by atoms with E-state index in [4.69, 9.17) is 24.1 Å². The number of rotatable bonds is 12. The lowest BCUT2D eigenvalue weighted by molar-refractivity contribution is 0.0695. The fourth-order valence-electron chi connectivity index (χ4n) is 3.46. The van der Waals surface area contributed by atoms with Crippen molar-refractivity contribution < 1.29 is 42.1 Å². The number of pyridine rings is 1. The Labute approximate surface area is 239 Å². The normalized spacial score (nSPS) is 11.9. The molecule has 14 heteroatoms. The zero-order valence-electron chi connectivity index (χ0n) is 22.1. The lowest BCUT2D eigenvalue weighted by atomic mass is 10.2. The van der Waals surface area contributed by atoms with Gasteiger partial charge in [-0.3, -0.25) is 15.1 Å². The minimum atomic E-state index is -3.37. The van der Waals surface area contributed by atoms with E-state index in [0.29, 0.717) is 23.2 Å². The number of carbonyl (C=O) groups excluding carboxylic acids is 1. The number of hydrogen-bond acceptors (Lipinski definition) is 11. The smallest absolute Gasteiger partial charge is 0.337 e. The Morgan fingerprint density at radius 1 is 0.951 bits per heavy atom. The van der Waals surface area contributed by atoms with E-state index < -0.39 is 21.7 Å². The van der Waals surface area contributed by atoms with Gasteiger partial charge in [-0.05, 0) is 49.4 Å². The number of thiazole rings is 1. The first-order valence-electron chi connectivity index (χ1n) is 11.9. The number of carbonyl (C=O) groups is 2. The van der Waals surface area contributed by atoms with Gasteiger partial charge in [0.25, 0.3) is 5.91 Å². The number of sulfone groups is 1. The van der Waals surface area contributed by atoms with Crippen LogP contribution in [0, 0.1) is 0 Å². The van der Waals surface area contributed by atoms with Crippen molar-refractivity contribution in [3.8, 4) is 28.1 Å². The van der Waals surface area contributed by atoms with Crippen LogP contribution in [0.25, 0.3) is 0 Å². The van der Waals surface area contributed by atoms with Gasteiger partial charge in [0.05, 0.1) is 29.5 Å². The number of carboxylic acids is 1. The topological polar surface area (TPSA) is 163 Å². The maximum atomic E-state index is 13.2. The van der Waals surface area contributed by atoms with Crippen LogP contribution in [0.15, 0.2) is 72.0 Å². The fourth-order valence-corrected chi connectivity index (χ4v) is 4.78. The van der Waals surface area contributed by atoms with Crippen LogP contribution in [0.2, 0.25) is 0 Å². The summed E-state index contributed by atoms with van der Waals surface area (Å²) in [7, 11) is -1.82. The molecule has 0 saturated heterocycles. The molecule has 0 aliphatic carbocycles. The lowest BCUT2D eigenvalue weighted by Crippen LogP contribution is -2.18. The molecule has 0 spiro atoms. The first-order valence-corrected chi connectivity index (χ1v) is 14.6. The van der Waals surface area contributed by atoms with Crippen molar-refractivity contribution in [1.29, 1.82) is 0 Å². The molecular weight excluding hydrogens is 574 g/mol. The van der Waals surface area contributed by atoms with Gasteiger partial charge in [0.2, 0.25) is 5.06 Å². The predicted molar refractivity (Wildman–Crippen MR) is 149 cm³/mol. The molecule has 2 aromatic carbocycles. The van der Waals surface area contributed by atoms with Crippen LogP contribution < -0.4 is 19.5 Å². The van der Waals surface area contributed by atoms with Crippen molar-refractivity contribution in [2.75, 3.05) is 25.3 Å². The maximum Gasteiger partial charge on any atom is 0.337 e. The summed E-state index contributed by atoms with van der Waals surface area (Å²) >= 11 is 1.03. The molecule has 0 fully saturated rings. The molecular formula is C27H25N3O9S2. The van der Waals surface area contributed by atoms with Crippen LogP contribution in [0.3, 0.4) is 0 Å². The molecule has 0 aliphatic rings. The first kappa shape index (κ1) is 29.5. The summed E-state index contributed by atoms with van der Waals surface area (Å²) in [5.41, 5.74) is 0.165. The minimum absolute atomic E-state index is 0.0353. The van der Waals surface area contributed by atoms with E-state index in [1.165, 1.54) is 61.1 Å². The maximum absolute atomic E-state index is 13.2.